The molecule has 0 radical (unpaired) electrons. The highest BCUT2D eigenvalue weighted by atomic mass is 16.3. The average Bonchev–Trinajstić information content (AvgIpc) is 3.13. The normalized spacial score (nSPS) is 21.7. The lowest BCUT2D eigenvalue weighted by atomic mass is 10.1. The molecule has 138 valence electrons. The Kier molecular flexibility index (Phi) is 4.28. The molecule has 0 aromatic heterocycles. The van der Waals surface area contributed by atoms with Gasteiger partial charge in [-0.3, -0.25) is 19.3 Å². The average molecular weight is 364 g/mol. The largest absolute Gasteiger partial charge is 0.391 e. The Morgan fingerprint density at radius 2 is 1.74 bits per heavy atom. The Bertz CT molecular complexity index is 904. The van der Waals surface area contributed by atoms with Crippen LogP contribution in [0.2, 0.25) is 0 Å². The van der Waals surface area contributed by atoms with Crippen molar-refractivity contribution in [2.24, 2.45) is 0 Å². The summed E-state index contributed by atoms with van der Waals surface area (Å²) in [5.74, 6) is -0.782. The molecule has 0 spiro atoms. The number of carbonyl (C=O) groups excluding carboxylic acids is 3. The van der Waals surface area contributed by atoms with E-state index in [1.165, 1.54) is 4.90 Å². The van der Waals surface area contributed by atoms with Crippen LogP contribution in [0.25, 0.3) is 0 Å². The molecule has 1 N–H and O–H groups in total. The van der Waals surface area contributed by atoms with Crippen molar-refractivity contribution in [3.63, 3.8) is 0 Å². The molecule has 1 saturated heterocycles. The summed E-state index contributed by atoms with van der Waals surface area (Å²) in [7, 11) is 0. The van der Waals surface area contributed by atoms with Gasteiger partial charge in [0.25, 0.3) is 17.7 Å². The van der Waals surface area contributed by atoms with Gasteiger partial charge in [0.2, 0.25) is 0 Å². The number of hydrogen-bond acceptors (Lipinski definition) is 4. The molecule has 6 nitrogen and oxygen atoms in total. The van der Waals surface area contributed by atoms with Crippen molar-refractivity contribution < 1.29 is 19.5 Å². The number of aliphatic hydroxyl groups excluding tert-OH is 1. The van der Waals surface area contributed by atoms with Crippen LogP contribution < -0.4 is 0 Å². The molecule has 0 aliphatic carbocycles. The van der Waals surface area contributed by atoms with E-state index in [-0.39, 0.29) is 30.3 Å². The van der Waals surface area contributed by atoms with Crippen LogP contribution in [0.3, 0.4) is 0 Å². The number of hydrogen-bond donors (Lipinski definition) is 1. The molecule has 2 heterocycles. The second-order valence-electron chi connectivity index (χ2n) is 7.14. The van der Waals surface area contributed by atoms with E-state index in [0.717, 1.165) is 0 Å². The van der Waals surface area contributed by atoms with Crippen LogP contribution in [-0.2, 0) is 6.54 Å². The fraction of sp³-hybridized carbons (Fsp3) is 0.286. The summed E-state index contributed by atoms with van der Waals surface area (Å²) in [4.78, 5) is 40.7. The van der Waals surface area contributed by atoms with Gasteiger partial charge in [0, 0.05) is 18.2 Å². The lowest BCUT2D eigenvalue weighted by Crippen LogP contribution is -2.34. The van der Waals surface area contributed by atoms with Crippen LogP contribution in [0.1, 0.15) is 50.0 Å². The first-order valence-electron chi connectivity index (χ1n) is 8.99. The summed E-state index contributed by atoms with van der Waals surface area (Å²) in [6.45, 7) is 2.35. The van der Waals surface area contributed by atoms with Crippen molar-refractivity contribution in [1.82, 2.24) is 9.80 Å². The summed E-state index contributed by atoms with van der Waals surface area (Å²) < 4.78 is 0. The molecular weight excluding hydrogens is 344 g/mol. The standard InChI is InChI=1S/C21H20N2O4/c1-13-9-16(24)12-22(13)19(25)15-6-4-5-14(10-15)11-23-20(26)17-7-2-3-8-18(17)21(23)27/h2-8,10,13,16,24H,9,11-12H2,1H3/t13-,16-/m0/s1. The third kappa shape index (κ3) is 3.02. The molecule has 6 heteroatoms. The molecule has 2 aromatic rings. The molecule has 3 amide bonds. The van der Waals surface area contributed by atoms with Crippen molar-refractivity contribution in [3.8, 4) is 0 Å². The van der Waals surface area contributed by atoms with Gasteiger partial charge in [0.1, 0.15) is 0 Å². The number of benzene rings is 2. The molecule has 2 aliphatic heterocycles. The maximum Gasteiger partial charge on any atom is 0.261 e. The quantitative estimate of drug-likeness (QED) is 0.846. The minimum Gasteiger partial charge on any atom is -0.391 e. The zero-order valence-electron chi connectivity index (χ0n) is 15.0. The number of nitrogens with zero attached hydrogens (tertiary/aromatic N) is 2. The molecular formula is C21H20N2O4. The number of imide groups is 1. The first-order valence-corrected chi connectivity index (χ1v) is 8.99. The van der Waals surface area contributed by atoms with Crippen LogP contribution in [0.15, 0.2) is 48.5 Å². The van der Waals surface area contributed by atoms with E-state index < -0.39 is 6.10 Å². The Morgan fingerprint density at radius 1 is 1.07 bits per heavy atom. The predicted octanol–water partition coefficient (Wildman–Crippen LogP) is 2.08. The minimum absolute atomic E-state index is 0.0209. The molecule has 4 rings (SSSR count). The first kappa shape index (κ1) is 17.4. The first-order chi connectivity index (χ1) is 13.0. The number of likely N-dealkylation sites (tertiary alicyclic amines) is 1. The number of β-amino-alcohol motifs (C(OH)–C–C–N with tert-alkyl or cyclic N) is 1. The van der Waals surface area contributed by atoms with Crippen molar-refractivity contribution in [2.45, 2.75) is 32.0 Å². The van der Waals surface area contributed by atoms with Crippen molar-refractivity contribution in [2.75, 3.05) is 6.54 Å². The summed E-state index contributed by atoms with van der Waals surface area (Å²) in [6.07, 6.45) is 0.0750. The number of fused-ring (bicyclic) bond motifs is 1. The van der Waals surface area contributed by atoms with Gasteiger partial charge in [-0.15, -0.1) is 0 Å². The Labute approximate surface area is 157 Å². The van der Waals surface area contributed by atoms with Gasteiger partial charge in [0.05, 0.1) is 23.8 Å². The van der Waals surface area contributed by atoms with Crippen LogP contribution in [0.5, 0.6) is 0 Å². The number of amides is 3. The molecule has 1 fully saturated rings. The second-order valence-corrected chi connectivity index (χ2v) is 7.14. The van der Waals surface area contributed by atoms with E-state index in [2.05, 4.69) is 0 Å². The van der Waals surface area contributed by atoms with Crippen molar-refractivity contribution >= 4 is 17.7 Å². The van der Waals surface area contributed by atoms with Gasteiger partial charge in [-0.05, 0) is 43.2 Å². The molecule has 0 unspecified atom stereocenters. The molecule has 2 aromatic carbocycles. The SMILES string of the molecule is C[C@H]1C[C@H](O)CN1C(=O)c1cccc(CN2C(=O)c3ccccc3C2=O)c1. The van der Waals surface area contributed by atoms with Gasteiger partial charge in [-0.2, -0.15) is 0 Å². The summed E-state index contributed by atoms with van der Waals surface area (Å²) in [5, 5.41) is 9.78. The van der Waals surface area contributed by atoms with Crippen molar-refractivity contribution in [3.05, 3.63) is 70.8 Å². The number of aliphatic hydroxyl groups is 1. The summed E-state index contributed by atoms with van der Waals surface area (Å²) in [5.41, 5.74) is 2.03. The van der Waals surface area contributed by atoms with Crippen molar-refractivity contribution in [1.29, 1.82) is 0 Å². The lowest BCUT2D eigenvalue weighted by Gasteiger charge is -2.21. The van der Waals surface area contributed by atoms with E-state index in [1.807, 2.05) is 6.92 Å². The smallest absolute Gasteiger partial charge is 0.261 e. The zero-order valence-corrected chi connectivity index (χ0v) is 15.0. The molecule has 0 bridgehead atoms. The molecule has 27 heavy (non-hydrogen) atoms. The molecule has 0 saturated carbocycles. The van der Waals surface area contributed by atoms with E-state index in [1.54, 1.807) is 53.4 Å². The second kappa shape index (κ2) is 6.63. The van der Waals surface area contributed by atoms with Gasteiger partial charge in [0.15, 0.2) is 0 Å². The highest BCUT2D eigenvalue weighted by Gasteiger charge is 2.35. The number of carbonyl (C=O) groups is 3. The predicted molar refractivity (Wildman–Crippen MR) is 98.2 cm³/mol. The minimum atomic E-state index is -0.495. The highest BCUT2D eigenvalue weighted by molar-refractivity contribution is 6.21. The van der Waals surface area contributed by atoms with Gasteiger partial charge in [-0.25, -0.2) is 0 Å². The van der Waals surface area contributed by atoms with E-state index in [4.69, 9.17) is 0 Å². The highest BCUT2D eigenvalue weighted by Crippen LogP contribution is 2.25. The third-order valence-corrected chi connectivity index (χ3v) is 5.21. The fourth-order valence-electron chi connectivity index (χ4n) is 3.82. The summed E-state index contributed by atoms with van der Waals surface area (Å²) >= 11 is 0. The fourth-order valence-corrected chi connectivity index (χ4v) is 3.82. The topological polar surface area (TPSA) is 77.9 Å². The van der Waals surface area contributed by atoms with Crippen LogP contribution >= 0.6 is 0 Å². The lowest BCUT2D eigenvalue weighted by molar-refractivity contribution is 0.0642. The summed E-state index contributed by atoms with van der Waals surface area (Å²) in [6, 6.07) is 13.7. The number of rotatable bonds is 3. The molecule has 2 aliphatic rings. The Morgan fingerprint density at radius 3 is 2.33 bits per heavy atom. The van der Waals surface area contributed by atoms with Crippen LogP contribution in [-0.4, -0.2) is 51.3 Å². The maximum absolute atomic E-state index is 12.8. The Balaban J connectivity index is 1.55. The van der Waals surface area contributed by atoms with E-state index in [0.29, 0.717) is 35.2 Å². The van der Waals surface area contributed by atoms with Crippen LogP contribution in [0, 0.1) is 0 Å². The van der Waals surface area contributed by atoms with E-state index in [9.17, 15) is 19.5 Å². The van der Waals surface area contributed by atoms with Gasteiger partial charge < -0.3 is 10.0 Å². The van der Waals surface area contributed by atoms with Gasteiger partial charge in [-0.1, -0.05) is 24.3 Å². The molecule has 2 atom stereocenters. The zero-order chi connectivity index (χ0) is 19.1. The third-order valence-electron chi connectivity index (χ3n) is 5.21. The van der Waals surface area contributed by atoms with E-state index >= 15 is 0 Å². The van der Waals surface area contributed by atoms with Crippen LogP contribution in [0.4, 0.5) is 0 Å². The monoisotopic (exact) mass is 364 g/mol. The van der Waals surface area contributed by atoms with Gasteiger partial charge >= 0.3 is 0 Å². The Hall–Kier alpha value is -2.99. The maximum atomic E-state index is 12.8.